The van der Waals surface area contributed by atoms with Gasteiger partial charge in [0.25, 0.3) is 0 Å². The Bertz CT molecular complexity index is 709. The zero-order valence-electron chi connectivity index (χ0n) is 21.0. The molecule has 0 spiro atoms. The van der Waals surface area contributed by atoms with Crippen LogP contribution in [0.4, 0.5) is 0 Å². The van der Waals surface area contributed by atoms with Gasteiger partial charge < -0.3 is 24.4 Å². The number of aliphatic hydroxyl groups is 2. The molecule has 7 heteroatoms. The predicted octanol–water partition coefficient (Wildman–Crippen LogP) is 3.74. The first-order valence-corrected chi connectivity index (χ1v) is 11.8. The minimum absolute atomic E-state index is 0.0150. The van der Waals surface area contributed by atoms with E-state index < -0.39 is 24.3 Å². The van der Waals surface area contributed by atoms with Crippen LogP contribution in [0.15, 0.2) is 35.5 Å². The van der Waals surface area contributed by atoms with Gasteiger partial charge in [0.15, 0.2) is 6.10 Å². The fourth-order valence-corrected chi connectivity index (χ4v) is 4.27. The van der Waals surface area contributed by atoms with Crippen LogP contribution >= 0.6 is 0 Å². The van der Waals surface area contributed by atoms with Gasteiger partial charge in [-0.2, -0.15) is 0 Å². The van der Waals surface area contributed by atoms with Crippen LogP contribution in [0.3, 0.4) is 0 Å². The normalized spacial score (nSPS) is 25.0. The van der Waals surface area contributed by atoms with Gasteiger partial charge in [0, 0.05) is 32.3 Å². The molecule has 2 N–H and O–H groups in total. The summed E-state index contributed by atoms with van der Waals surface area (Å²) in [5.74, 6) is -0.703. The molecule has 7 nitrogen and oxygen atoms in total. The molecule has 33 heavy (non-hydrogen) atoms. The van der Waals surface area contributed by atoms with Gasteiger partial charge in [-0.3, -0.25) is 4.79 Å². The number of esters is 2. The summed E-state index contributed by atoms with van der Waals surface area (Å²) in [6.45, 7) is 10.0. The van der Waals surface area contributed by atoms with Gasteiger partial charge in [-0.25, -0.2) is 4.79 Å². The molecule has 1 heterocycles. The number of carbonyl (C=O) groups is 2. The summed E-state index contributed by atoms with van der Waals surface area (Å²) in [6, 6.07) is 0. The van der Waals surface area contributed by atoms with E-state index >= 15 is 0 Å². The van der Waals surface area contributed by atoms with Crippen molar-refractivity contribution >= 4 is 11.9 Å². The van der Waals surface area contributed by atoms with Gasteiger partial charge in [0.1, 0.15) is 12.2 Å². The van der Waals surface area contributed by atoms with E-state index in [1.807, 2.05) is 20.8 Å². The highest BCUT2D eigenvalue weighted by atomic mass is 16.6. The summed E-state index contributed by atoms with van der Waals surface area (Å²) in [6.07, 6.45) is 7.25. The SMILES string of the molecule is C/C=C(\C)C[C@H](C)C[C@@H](C)[C@H]1OC(=O)C[C@@H](OC)[C@H]1OC(=O)/C=C/C(C)=C/[C@H](CO)CCO. The van der Waals surface area contributed by atoms with Crippen LogP contribution in [0.1, 0.15) is 60.3 Å². The molecule has 1 aliphatic heterocycles. The second-order valence-electron chi connectivity index (χ2n) is 9.19. The first kappa shape index (κ1) is 29.1. The minimum Gasteiger partial charge on any atom is -0.458 e. The van der Waals surface area contributed by atoms with Crippen molar-refractivity contribution in [3.05, 3.63) is 35.5 Å². The van der Waals surface area contributed by atoms with E-state index in [0.717, 1.165) is 18.4 Å². The monoisotopic (exact) mass is 466 g/mol. The van der Waals surface area contributed by atoms with Gasteiger partial charge in [-0.1, -0.05) is 43.2 Å². The lowest BCUT2D eigenvalue weighted by molar-refractivity contribution is -0.200. The standard InChI is InChI=1S/C26H42O7/c1-7-17(2)12-19(4)13-20(5)25-26(22(31-6)15-24(30)33-25)32-23(29)9-8-18(3)14-21(16-28)10-11-27/h7-9,14,19-22,25-28H,10-13,15-16H2,1-6H3/b9-8+,17-7+,18-14+/t19-,20+,21+,22+,25+,26+/m0/s1. The molecule has 1 aliphatic rings. The number of carbonyl (C=O) groups excluding carboxylic acids is 2. The average Bonchev–Trinajstić information content (AvgIpc) is 2.77. The third-order valence-corrected chi connectivity index (χ3v) is 6.09. The maximum atomic E-state index is 12.6. The lowest BCUT2D eigenvalue weighted by Crippen LogP contribution is -2.52. The van der Waals surface area contributed by atoms with E-state index in [2.05, 4.69) is 19.9 Å². The number of ether oxygens (including phenoxy) is 3. The molecule has 6 atom stereocenters. The van der Waals surface area contributed by atoms with Crippen molar-refractivity contribution in [1.29, 1.82) is 0 Å². The summed E-state index contributed by atoms with van der Waals surface area (Å²) in [5.41, 5.74) is 2.08. The van der Waals surface area contributed by atoms with Crippen LogP contribution < -0.4 is 0 Å². The maximum absolute atomic E-state index is 12.6. The molecule has 1 fully saturated rings. The molecule has 0 aromatic carbocycles. The Kier molecular flexibility index (Phi) is 13.3. The molecule has 0 aromatic rings. The largest absolute Gasteiger partial charge is 0.458 e. The van der Waals surface area contributed by atoms with Gasteiger partial charge in [-0.05, 0) is 51.9 Å². The van der Waals surface area contributed by atoms with E-state index in [9.17, 15) is 14.7 Å². The minimum atomic E-state index is -0.696. The van der Waals surface area contributed by atoms with Crippen LogP contribution in [0.25, 0.3) is 0 Å². The van der Waals surface area contributed by atoms with Crippen molar-refractivity contribution in [1.82, 2.24) is 0 Å². The van der Waals surface area contributed by atoms with Gasteiger partial charge in [0.05, 0.1) is 6.42 Å². The van der Waals surface area contributed by atoms with Crippen molar-refractivity contribution in [2.45, 2.75) is 78.6 Å². The lowest BCUT2D eigenvalue weighted by atomic mass is 9.84. The first-order valence-electron chi connectivity index (χ1n) is 11.8. The first-order chi connectivity index (χ1) is 15.6. The third kappa shape index (κ3) is 10.2. The number of methoxy groups -OCH3 is 1. The zero-order chi connectivity index (χ0) is 25.0. The molecule has 0 amide bonds. The molecule has 0 radical (unpaired) electrons. The molecule has 0 saturated carbocycles. The van der Waals surface area contributed by atoms with Crippen LogP contribution in [-0.2, 0) is 23.8 Å². The number of cyclic esters (lactones) is 1. The Morgan fingerprint density at radius 1 is 1.24 bits per heavy atom. The van der Waals surface area contributed by atoms with Crippen LogP contribution in [0.5, 0.6) is 0 Å². The molecular formula is C26H42O7. The smallest absolute Gasteiger partial charge is 0.331 e. The second-order valence-corrected chi connectivity index (χ2v) is 9.19. The molecule has 0 unspecified atom stereocenters. The molecular weight excluding hydrogens is 424 g/mol. The highest BCUT2D eigenvalue weighted by molar-refractivity contribution is 5.83. The molecule has 1 rings (SSSR count). The van der Waals surface area contributed by atoms with Crippen LogP contribution in [0, 0.1) is 17.8 Å². The highest BCUT2D eigenvalue weighted by Gasteiger charge is 2.44. The van der Waals surface area contributed by atoms with E-state index in [-0.39, 0.29) is 37.4 Å². The summed E-state index contributed by atoms with van der Waals surface area (Å²) in [5, 5.41) is 18.4. The van der Waals surface area contributed by atoms with Crippen molar-refractivity contribution in [3.63, 3.8) is 0 Å². The van der Waals surface area contributed by atoms with E-state index in [0.29, 0.717) is 12.3 Å². The second kappa shape index (κ2) is 15.0. The van der Waals surface area contributed by atoms with Crippen molar-refractivity contribution in [2.24, 2.45) is 17.8 Å². The summed E-state index contributed by atoms with van der Waals surface area (Å²) in [4.78, 5) is 24.8. The van der Waals surface area contributed by atoms with Crippen molar-refractivity contribution in [3.8, 4) is 0 Å². The third-order valence-electron chi connectivity index (χ3n) is 6.09. The Hall–Kier alpha value is -1.96. The Morgan fingerprint density at radius 3 is 2.52 bits per heavy atom. The van der Waals surface area contributed by atoms with E-state index in [4.69, 9.17) is 19.3 Å². The number of hydrogen-bond acceptors (Lipinski definition) is 7. The van der Waals surface area contributed by atoms with Gasteiger partial charge >= 0.3 is 11.9 Å². The van der Waals surface area contributed by atoms with Crippen molar-refractivity contribution < 1.29 is 34.0 Å². The maximum Gasteiger partial charge on any atom is 0.331 e. The van der Waals surface area contributed by atoms with Crippen LogP contribution in [-0.4, -0.2) is 60.8 Å². The molecule has 0 bridgehead atoms. The highest BCUT2D eigenvalue weighted by Crippen LogP contribution is 2.31. The number of aliphatic hydroxyl groups excluding tert-OH is 2. The number of hydrogen-bond donors (Lipinski definition) is 2. The Labute approximate surface area is 198 Å². The molecule has 1 saturated heterocycles. The zero-order valence-corrected chi connectivity index (χ0v) is 21.0. The fraction of sp³-hybridized carbons (Fsp3) is 0.692. The molecule has 0 aliphatic carbocycles. The molecule has 0 aromatic heterocycles. The Balaban J connectivity index is 2.91. The van der Waals surface area contributed by atoms with E-state index in [1.54, 1.807) is 12.2 Å². The predicted molar refractivity (Wildman–Crippen MR) is 127 cm³/mol. The number of allylic oxidation sites excluding steroid dienone is 4. The van der Waals surface area contributed by atoms with Gasteiger partial charge in [0.2, 0.25) is 0 Å². The number of rotatable bonds is 13. The average molecular weight is 467 g/mol. The fourth-order valence-electron chi connectivity index (χ4n) is 4.27. The summed E-state index contributed by atoms with van der Waals surface area (Å²) < 4.78 is 16.9. The summed E-state index contributed by atoms with van der Waals surface area (Å²) in [7, 11) is 1.50. The quantitative estimate of drug-likeness (QED) is 0.184. The van der Waals surface area contributed by atoms with Gasteiger partial charge in [-0.15, -0.1) is 0 Å². The topological polar surface area (TPSA) is 102 Å². The summed E-state index contributed by atoms with van der Waals surface area (Å²) >= 11 is 0. The lowest BCUT2D eigenvalue weighted by Gasteiger charge is -2.39. The van der Waals surface area contributed by atoms with Crippen LogP contribution in [0.2, 0.25) is 0 Å². The Morgan fingerprint density at radius 2 is 1.94 bits per heavy atom. The van der Waals surface area contributed by atoms with E-state index in [1.165, 1.54) is 18.8 Å². The van der Waals surface area contributed by atoms with Crippen molar-refractivity contribution in [2.75, 3.05) is 20.3 Å². The molecule has 188 valence electrons.